The number of carbonyl (C=O) groups is 1. The van der Waals surface area contributed by atoms with Crippen LogP contribution in [0.15, 0.2) is 59.6 Å². The van der Waals surface area contributed by atoms with E-state index >= 15 is 0 Å². The van der Waals surface area contributed by atoms with Crippen molar-refractivity contribution < 1.29 is 9.90 Å². The number of carbonyl (C=O) groups excluding carboxylic acids is 1. The van der Waals surface area contributed by atoms with Gasteiger partial charge in [0.05, 0.1) is 10.6 Å². The summed E-state index contributed by atoms with van der Waals surface area (Å²) in [6.07, 6.45) is 3.88. The van der Waals surface area contributed by atoms with E-state index in [-0.39, 0.29) is 11.7 Å². The fraction of sp³-hybridized carbons (Fsp3) is 0.0526. The first-order chi connectivity index (χ1) is 12.0. The monoisotopic (exact) mass is 366 g/mol. The second kappa shape index (κ2) is 6.06. The van der Waals surface area contributed by atoms with Gasteiger partial charge in [0, 0.05) is 35.8 Å². The van der Waals surface area contributed by atoms with Crippen molar-refractivity contribution in [2.24, 2.45) is 7.05 Å². The zero-order valence-electron chi connectivity index (χ0n) is 13.3. The SMILES string of the molecule is Cn1cc(/C=C2/SC(=S)N(c3cccc(O)c3)C2=O)c2ccccc21. The summed E-state index contributed by atoms with van der Waals surface area (Å²) in [7, 11) is 1.98. The summed E-state index contributed by atoms with van der Waals surface area (Å²) < 4.78 is 2.50. The Bertz CT molecular complexity index is 1050. The summed E-state index contributed by atoms with van der Waals surface area (Å²) in [5, 5.41) is 10.8. The number of amides is 1. The Morgan fingerprint density at radius 1 is 1.16 bits per heavy atom. The summed E-state index contributed by atoms with van der Waals surface area (Å²) >= 11 is 6.65. The van der Waals surface area contributed by atoms with E-state index in [1.807, 2.05) is 48.2 Å². The van der Waals surface area contributed by atoms with Gasteiger partial charge in [-0.1, -0.05) is 48.2 Å². The molecule has 0 spiro atoms. The standard InChI is InChI=1S/C19H14N2O2S2/c1-20-11-12(15-7-2-3-8-16(15)20)9-17-18(23)21(19(24)25-17)13-5-4-6-14(22)10-13/h2-11,22H,1H3/b17-9+. The number of benzene rings is 2. The molecule has 4 rings (SSSR count). The molecule has 0 radical (unpaired) electrons. The predicted molar refractivity (Wildman–Crippen MR) is 107 cm³/mol. The van der Waals surface area contributed by atoms with E-state index in [9.17, 15) is 9.90 Å². The average Bonchev–Trinajstić information content (AvgIpc) is 3.05. The van der Waals surface area contributed by atoms with Crippen molar-refractivity contribution in [1.82, 2.24) is 4.57 Å². The van der Waals surface area contributed by atoms with Gasteiger partial charge in [0.25, 0.3) is 5.91 Å². The Balaban J connectivity index is 1.75. The molecular formula is C19H14N2O2S2. The number of thiocarbonyl (C=S) groups is 1. The van der Waals surface area contributed by atoms with Crippen LogP contribution in [-0.2, 0) is 11.8 Å². The minimum atomic E-state index is -0.173. The molecule has 0 atom stereocenters. The van der Waals surface area contributed by atoms with E-state index in [2.05, 4.69) is 0 Å². The lowest BCUT2D eigenvalue weighted by Gasteiger charge is -2.14. The van der Waals surface area contributed by atoms with Gasteiger partial charge in [-0.05, 0) is 24.3 Å². The third-order valence-electron chi connectivity index (χ3n) is 4.10. The lowest BCUT2D eigenvalue weighted by Crippen LogP contribution is -2.27. The van der Waals surface area contributed by atoms with Crippen LogP contribution in [0.25, 0.3) is 17.0 Å². The molecule has 0 bridgehead atoms. The van der Waals surface area contributed by atoms with E-state index in [4.69, 9.17) is 12.2 Å². The molecule has 4 nitrogen and oxygen atoms in total. The predicted octanol–water partition coefficient (Wildman–Crippen LogP) is 4.29. The number of para-hydroxylation sites is 1. The molecule has 1 aromatic heterocycles. The van der Waals surface area contributed by atoms with Crippen LogP contribution in [0.5, 0.6) is 5.75 Å². The lowest BCUT2D eigenvalue weighted by atomic mass is 10.1. The first kappa shape index (κ1) is 15.9. The molecule has 0 unspecified atom stereocenters. The Hall–Kier alpha value is -2.57. The second-order valence-electron chi connectivity index (χ2n) is 5.75. The van der Waals surface area contributed by atoms with Crippen LogP contribution in [0.1, 0.15) is 5.56 Å². The fourth-order valence-corrected chi connectivity index (χ4v) is 4.24. The Labute approximate surface area is 154 Å². The highest BCUT2D eigenvalue weighted by Crippen LogP contribution is 2.37. The van der Waals surface area contributed by atoms with E-state index < -0.39 is 0 Å². The molecule has 1 N–H and O–H groups in total. The van der Waals surface area contributed by atoms with Gasteiger partial charge in [0.2, 0.25) is 0 Å². The number of aromatic hydroxyl groups is 1. The average molecular weight is 366 g/mol. The number of aryl methyl sites for hydroxylation is 1. The number of rotatable bonds is 2. The van der Waals surface area contributed by atoms with E-state index in [0.717, 1.165) is 16.5 Å². The molecule has 1 aliphatic rings. The molecule has 2 heterocycles. The molecule has 0 aliphatic carbocycles. The van der Waals surface area contributed by atoms with Crippen molar-refractivity contribution in [3.05, 3.63) is 65.2 Å². The van der Waals surface area contributed by atoms with Crippen molar-refractivity contribution in [1.29, 1.82) is 0 Å². The summed E-state index contributed by atoms with van der Waals surface area (Å²) in [5.74, 6) is -0.0712. The van der Waals surface area contributed by atoms with Crippen LogP contribution in [0.2, 0.25) is 0 Å². The van der Waals surface area contributed by atoms with E-state index in [0.29, 0.717) is 14.9 Å². The summed E-state index contributed by atoms with van der Waals surface area (Å²) in [5.41, 5.74) is 2.66. The molecular weight excluding hydrogens is 352 g/mol. The maximum Gasteiger partial charge on any atom is 0.270 e. The zero-order valence-corrected chi connectivity index (χ0v) is 15.0. The third-order valence-corrected chi connectivity index (χ3v) is 5.40. The third kappa shape index (κ3) is 2.73. The normalized spacial score (nSPS) is 16.4. The number of hydrogen-bond donors (Lipinski definition) is 1. The highest BCUT2D eigenvalue weighted by molar-refractivity contribution is 8.27. The van der Waals surface area contributed by atoms with E-state index in [1.165, 1.54) is 22.7 Å². The van der Waals surface area contributed by atoms with Crippen molar-refractivity contribution >= 4 is 56.9 Å². The number of anilines is 1. The molecule has 1 saturated heterocycles. The second-order valence-corrected chi connectivity index (χ2v) is 7.43. The van der Waals surface area contributed by atoms with Crippen molar-refractivity contribution in [2.45, 2.75) is 0 Å². The molecule has 1 fully saturated rings. The van der Waals surface area contributed by atoms with Crippen molar-refractivity contribution in [3.8, 4) is 5.75 Å². The minimum absolute atomic E-state index is 0.101. The molecule has 1 aliphatic heterocycles. The zero-order chi connectivity index (χ0) is 17.6. The Morgan fingerprint density at radius 3 is 2.76 bits per heavy atom. The van der Waals surface area contributed by atoms with Crippen LogP contribution in [-0.4, -0.2) is 19.9 Å². The van der Waals surface area contributed by atoms with E-state index in [1.54, 1.807) is 18.2 Å². The van der Waals surface area contributed by atoms with Crippen molar-refractivity contribution in [2.75, 3.05) is 4.90 Å². The first-order valence-corrected chi connectivity index (χ1v) is 8.88. The fourth-order valence-electron chi connectivity index (χ4n) is 2.95. The molecule has 0 saturated carbocycles. The number of phenolic OH excluding ortho intramolecular Hbond substituents is 1. The quantitative estimate of drug-likeness (QED) is 0.543. The number of phenols is 1. The highest BCUT2D eigenvalue weighted by Gasteiger charge is 2.33. The van der Waals surface area contributed by atoms with Gasteiger partial charge in [-0.2, -0.15) is 0 Å². The number of hydrogen-bond acceptors (Lipinski definition) is 4. The maximum absolute atomic E-state index is 12.8. The number of thioether (sulfide) groups is 1. The summed E-state index contributed by atoms with van der Waals surface area (Å²) in [6.45, 7) is 0. The molecule has 3 aromatic rings. The highest BCUT2D eigenvalue weighted by atomic mass is 32.2. The van der Waals surface area contributed by atoms with Gasteiger partial charge in [-0.3, -0.25) is 9.69 Å². The summed E-state index contributed by atoms with van der Waals surface area (Å²) in [4.78, 5) is 14.9. The molecule has 2 aromatic carbocycles. The van der Waals surface area contributed by atoms with Crippen LogP contribution in [0, 0.1) is 0 Å². The van der Waals surface area contributed by atoms with Gasteiger partial charge in [0.1, 0.15) is 5.75 Å². The van der Waals surface area contributed by atoms with Gasteiger partial charge < -0.3 is 9.67 Å². The molecule has 124 valence electrons. The first-order valence-electron chi connectivity index (χ1n) is 7.65. The van der Waals surface area contributed by atoms with Crippen LogP contribution < -0.4 is 4.90 Å². The molecule has 6 heteroatoms. The molecule has 1 amide bonds. The minimum Gasteiger partial charge on any atom is -0.508 e. The van der Waals surface area contributed by atoms with Crippen LogP contribution >= 0.6 is 24.0 Å². The van der Waals surface area contributed by atoms with Crippen LogP contribution in [0.3, 0.4) is 0 Å². The van der Waals surface area contributed by atoms with Gasteiger partial charge in [-0.15, -0.1) is 0 Å². The van der Waals surface area contributed by atoms with Gasteiger partial charge in [0.15, 0.2) is 4.32 Å². The Kier molecular flexibility index (Phi) is 3.86. The van der Waals surface area contributed by atoms with Crippen molar-refractivity contribution in [3.63, 3.8) is 0 Å². The topological polar surface area (TPSA) is 45.5 Å². The summed E-state index contributed by atoms with van der Waals surface area (Å²) in [6, 6.07) is 14.6. The lowest BCUT2D eigenvalue weighted by molar-refractivity contribution is -0.113. The number of aromatic nitrogens is 1. The maximum atomic E-state index is 12.8. The number of nitrogens with zero attached hydrogens (tertiary/aromatic N) is 2. The number of fused-ring (bicyclic) bond motifs is 1. The van der Waals surface area contributed by atoms with Gasteiger partial charge >= 0.3 is 0 Å². The smallest absolute Gasteiger partial charge is 0.270 e. The molecule has 25 heavy (non-hydrogen) atoms. The Morgan fingerprint density at radius 2 is 1.96 bits per heavy atom. The van der Waals surface area contributed by atoms with Gasteiger partial charge in [-0.25, -0.2) is 0 Å². The largest absolute Gasteiger partial charge is 0.508 e. The van der Waals surface area contributed by atoms with Crippen LogP contribution in [0.4, 0.5) is 5.69 Å².